The second kappa shape index (κ2) is 16.7. The first kappa shape index (κ1) is 31.2. The molecule has 2 rings (SSSR count). The molecule has 38 heavy (non-hydrogen) atoms. The number of hydrogen-bond acceptors (Lipinski definition) is 6. The minimum absolute atomic E-state index is 0.151. The second-order valence-corrected chi connectivity index (χ2v) is 10.1. The molecule has 2 aliphatic heterocycles. The van der Waals surface area contributed by atoms with E-state index in [4.69, 9.17) is 0 Å². The van der Waals surface area contributed by atoms with Gasteiger partial charge in [0.1, 0.15) is 12.1 Å². The lowest BCUT2D eigenvalue weighted by Crippen LogP contribution is -2.65. The molecule has 2 fully saturated rings. The van der Waals surface area contributed by atoms with Crippen molar-refractivity contribution in [2.75, 3.05) is 13.1 Å². The monoisotopic (exact) mass is 532 g/mol. The van der Waals surface area contributed by atoms with Crippen LogP contribution in [0.1, 0.15) is 104 Å². The molecular weight excluding hydrogens is 488 g/mol. The summed E-state index contributed by atoms with van der Waals surface area (Å²) < 4.78 is 0. The maximum Gasteiger partial charge on any atom is 0.253 e. The van der Waals surface area contributed by atoms with Gasteiger partial charge in [-0.2, -0.15) is 0 Å². The number of unbranched alkanes of at least 4 members (excludes halogenated alkanes) is 6. The van der Waals surface area contributed by atoms with Crippen molar-refractivity contribution in [2.24, 2.45) is 0 Å². The summed E-state index contributed by atoms with van der Waals surface area (Å²) in [6.07, 6.45) is 13.5. The van der Waals surface area contributed by atoms with Gasteiger partial charge in [-0.3, -0.25) is 38.6 Å². The van der Waals surface area contributed by atoms with Crippen LogP contribution in [-0.4, -0.2) is 70.4 Å². The average Bonchev–Trinajstić information content (AvgIpc) is 2.90. The Bertz CT molecular complexity index is 817. The molecule has 0 radical (unpaired) electrons. The van der Waals surface area contributed by atoms with Crippen LogP contribution in [0.25, 0.3) is 0 Å². The normalized spacial score (nSPS) is 18.8. The summed E-state index contributed by atoms with van der Waals surface area (Å²) in [5, 5.41) is 5.38. The van der Waals surface area contributed by atoms with E-state index in [1.165, 1.54) is 0 Å². The predicted molar refractivity (Wildman–Crippen MR) is 142 cm³/mol. The van der Waals surface area contributed by atoms with Crippen molar-refractivity contribution >= 4 is 35.4 Å². The highest BCUT2D eigenvalue weighted by atomic mass is 16.2. The Morgan fingerprint density at radius 3 is 1.39 bits per heavy atom. The number of β-lactam (4-membered cyclic amide) rings is 2. The van der Waals surface area contributed by atoms with Gasteiger partial charge >= 0.3 is 0 Å². The van der Waals surface area contributed by atoms with Crippen LogP contribution in [-0.2, 0) is 28.8 Å². The third-order valence-corrected chi connectivity index (χ3v) is 6.86. The van der Waals surface area contributed by atoms with E-state index >= 15 is 0 Å². The Morgan fingerprint density at radius 1 is 0.658 bits per heavy atom. The van der Waals surface area contributed by atoms with Crippen LogP contribution in [0.4, 0.5) is 0 Å². The van der Waals surface area contributed by atoms with Crippen molar-refractivity contribution in [1.29, 1.82) is 0 Å². The van der Waals surface area contributed by atoms with Gasteiger partial charge in [0.2, 0.25) is 23.6 Å². The van der Waals surface area contributed by atoms with Crippen molar-refractivity contribution in [2.45, 2.75) is 116 Å². The third-order valence-electron chi connectivity index (χ3n) is 6.86. The number of allylic oxidation sites excluding steroid dienone is 2. The molecule has 2 heterocycles. The number of carbonyl (C=O) groups is 6. The second-order valence-electron chi connectivity index (χ2n) is 10.1. The number of nitrogens with zero attached hydrogens (tertiary/aromatic N) is 2. The van der Waals surface area contributed by atoms with Gasteiger partial charge in [0.15, 0.2) is 0 Å². The van der Waals surface area contributed by atoms with E-state index in [1.807, 2.05) is 0 Å². The Kier molecular flexibility index (Phi) is 13.7. The van der Waals surface area contributed by atoms with Gasteiger partial charge in [-0.15, -0.1) is 0 Å². The first-order valence-electron chi connectivity index (χ1n) is 14.2. The van der Waals surface area contributed by atoms with Crippen molar-refractivity contribution in [1.82, 2.24) is 20.4 Å². The molecule has 0 aliphatic carbocycles. The molecule has 2 aliphatic rings. The number of amides is 6. The molecule has 212 valence electrons. The number of imide groups is 2. The molecule has 0 aromatic heterocycles. The Morgan fingerprint density at radius 2 is 1.05 bits per heavy atom. The largest absolute Gasteiger partial charge is 0.343 e. The van der Waals surface area contributed by atoms with E-state index in [0.717, 1.165) is 61.2 Å². The van der Waals surface area contributed by atoms with Crippen molar-refractivity contribution in [3.8, 4) is 0 Å². The van der Waals surface area contributed by atoms with Crippen molar-refractivity contribution in [3.05, 3.63) is 12.2 Å². The Balaban J connectivity index is 1.53. The molecule has 2 N–H and O–H groups in total. The summed E-state index contributed by atoms with van der Waals surface area (Å²) in [7, 11) is 0. The summed E-state index contributed by atoms with van der Waals surface area (Å²) in [6.45, 7) is 4.62. The third kappa shape index (κ3) is 10.0. The highest BCUT2D eigenvalue weighted by Gasteiger charge is 2.41. The van der Waals surface area contributed by atoms with Gasteiger partial charge in [-0.25, -0.2) is 0 Å². The molecule has 0 aromatic carbocycles. The molecule has 6 amide bonds. The fourth-order valence-corrected chi connectivity index (χ4v) is 4.39. The standard InChI is InChI=1S/C28H44N4O6/c1-3-5-7-11-15-23(33)29-21-19-31(27(21)37)25(35)17-13-9-10-14-18-26(36)32-20-22(28(32)38)30-24(34)16-12-8-6-4-2/h9-10,21-22H,3-8,11-20H2,1-2H3,(H,29,33)(H,30,34)/b10-9+/t21-,22-/m0/s1. The Hall–Kier alpha value is -3.04. The number of likely N-dealkylation sites (tertiary alicyclic amines) is 2. The van der Waals surface area contributed by atoms with Crippen LogP contribution in [0.3, 0.4) is 0 Å². The maximum absolute atomic E-state index is 12.2. The summed E-state index contributed by atoms with van der Waals surface area (Å²) in [5.74, 6) is -1.60. The van der Waals surface area contributed by atoms with Gasteiger partial charge in [0, 0.05) is 25.7 Å². The van der Waals surface area contributed by atoms with Crippen molar-refractivity contribution < 1.29 is 28.8 Å². The highest BCUT2D eigenvalue weighted by molar-refractivity contribution is 6.05. The predicted octanol–water partition coefficient (Wildman–Crippen LogP) is 2.75. The summed E-state index contributed by atoms with van der Waals surface area (Å²) in [5.41, 5.74) is 0. The smallest absolute Gasteiger partial charge is 0.253 e. The first-order chi connectivity index (χ1) is 18.3. The van der Waals surface area contributed by atoms with E-state index in [1.54, 1.807) is 12.2 Å². The molecule has 0 bridgehead atoms. The number of rotatable bonds is 18. The first-order valence-corrected chi connectivity index (χ1v) is 14.2. The molecular formula is C28H44N4O6. The van der Waals surface area contributed by atoms with Gasteiger partial charge < -0.3 is 10.6 Å². The topological polar surface area (TPSA) is 133 Å². The minimum atomic E-state index is -0.609. The molecule has 2 atom stereocenters. The van der Waals surface area contributed by atoms with Crippen LogP contribution >= 0.6 is 0 Å². The average molecular weight is 533 g/mol. The summed E-state index contributed by atoms with van der Waals surface area (Å²) >= 11 is 0. The number of nitrogens with one attached hydrogen (secondary N) is 2. The zero-order valence-corrected chi connectivity index (χ0v) is 23.0. The van der Waals surface area contributed by atoms with E-state index in [0.29, 0.717) is 25.7 Å². The van der Waals surface area contributed by atoms with Crippen LogP contribution in [0.2, 0.25) is 0 Å². The quantitative estimate of drug-likeness (QED) is 0.158. The van der Waals surface area contributed by atoms with Gasteiger partial charge in [-0.1, -0.05) is 64.5 Å². The zero-order chi connectivity index (χ0) is 27.9. The number of carbonyl (C=O) groups excluding carboxylic acids is 6. The van der Waals surface area contributed by atoms with E-state index < -0.39 is 12.1 Å². The van der Waals surface area contributed by atoms with Gasteiger partial charge in [0.05, 0.1) is 13.1 Å². The summed E-state index contributed by atoms with van der Waals surface area (Å²) in [6, 6.07) is -1.22. The summed E-state index contributed by atoms with van der Waals surface area (Å²) in [4.78, 5) is 75.0. The van der Waals surface area contributed by atoms with E-state index in [9.17, 15) is 28.8 Å². The van der Waals surface area contributed by atoms with Crippen LogP contribution in [0, 0.1) is 0 Å². The van der Waals surface area contributed by atoms with Crippen LogP contribution < -0.4 is 10.6 Å². The van der Waals surface area contributed by atoms with Gasteiger partial charge in [0.25, 0.3) is 11.8 Å². The van der Waals surface area contributed by atoms with Crippen LogP contribution in [0.5, 0.6) is 0 Å². The molecule has 10 heteroatoms. The highest BCUT2D eigenvalue weighted by Crippen LogP contribution is 2.15. The fourth-order valence-electron chi connectivity index (χ4n) is 4.39. The SMILES string of the molecule is CCCCCCC(=O)N[C@H]1CN(C(=O)CC/C=C/CCC(=O)N2C[C@H](NC(=O)CCCCCC)C2=O)C1=O. The molecule has 10 nitrogen and oxygen atoms in total. The lowest BCUT2D eigenvalue weighted by Gasteiger charge is -2.37. The zero-order valence-electron chi connectivity index (χ0n) is 23.0. The Labute approximate surface area is 225 Å². The van der Waals surface area contributed by atoms with E-state index in [2.05, 4.69) is 24.5 Å². The molecule has 0 spiro atoms. The van der Waals surface area contributed by atoms with Gasteiger partial charge in [-0.05, 0) is 25.7 Å². The minimum Gasteiger partial charge on any atom is -0.343 e. The molecule has 0 aromatic rings. The lowest BCUT2D eigenvalue weighted by atomic mass is 10.0. The van der Waals surface area contributed by atoms with Crippen LogP contribution in [0.15, 0.2) is 12.2 Å². The van der Waals surface area contributed by atoms with E-state index in [-0.39, 0.29) is 61.4 Å². The maximum atomic E-state index is 12.2. The molecule has 0 saturated carbocycles. The molecule has 2 saturated heterocycles. The molecule has 0 unspecified atom stereocenters. The fraction of sp³-hybridized carbons (Fsp3) is 0.714. The van der Waals surface area contributed by atoms with Crippen molar-refractivity contribution in [3.63, 3.8) is 0 Å². The lowest BCUT2D eigenvalue weighted by molar-refractivity contribution is -0.158. The number of hydrogen-bond donors (Lipinski definition) is 2.